The predicted molar refractivity (Wildman–Crippen MR) is 101 cm³/mol. The molecule has 5 nitrogen and oxygen atoms in total. The van der Waals surface area contributed by atoms with E-state index in [0.29, 0.717) is 29.4 Å². The van der Waals surface area contributed by atoms with Crippen molar-refractivity contribution in [1.82, 2.24) is 4.90 Å². The molecule has 26 heavy (non-hydrogen) atoms. The van der Waals surface area contributed by atoms with Crippen LogP contribution >= 0.6 is 11.6 Å². The number of amides is 1. The monoisotopic (exact) mass is 393 g/mol. The number of hydrogen-bond acceptors (Lipinski definition) is 4. The van der Waals surface area contributed by atoms with Crippen LogP contribution in [0.5, 0.6) is 5.75 Å². The van der Waals surface area contributed by atoms with Crippen LogP contribution in [0.1, 0.15) is 22.3 Å². The fourth-order valence-corrected chi connectivity index (χ4v) is 4.85. The molecule has 1 aliphatic heterocycles. The van der Waals surface area contributed by atoms with Crippen LogP contribution in [0.15, 0.2) is 48.5 Å². The zero-order valence-corrected chi connectivity index (χ0v) is 16.0. The molecule has 138 valence electrons. The van der Waals surface area contributed by atoms with E-state index in [1.165, 1.54) is 4.90 Å². The SMILES string of the molecule is CN(C(=O)c1ccccc1OCc1ccc(Cl)cc1)[C@@H]1CCS(=O)(=O)C1. The lowest BCUT2D eigenvalue weighted by molar-refractivity contribution is 0.0743. The van der Waals surface area contributed by atoms with Crippen LogP contribution in [0.2, 0.25) is 5.02 Å². The first-order valence-corrected chi connectivity index (χ1v) is 10.5. The maximum Gasteiger partial charge on any atom is 0.257 e. The van der Waals surface area contributed by atoms with Gasteiger partial charge >= 0.3 is 0 Å². The lowest BCUT2D eigenvalue weighted by Gasteiger charge is -2.24. The Bertz CT molecular complexity index is 896. The van der Waals surface area contributed by atoms with Gasteiger partial charge < -0.3 is 9.64 Å². The summed E-state index contributed by atoms with van der Waals surface area (Å²) in [4.78, 5) is 14.4. The molecular weight excluding hydrogens is 374 g/mol. The summed E-state index contributed by atoms with van der Waals surface area (Å²) in [5, 5.41) is 0.650. The van der Waals surface area contributed by atoms with Gasteiger partial charge in [-0.3, -0.25) is 4.79 Å². The molecule has 0 radical (unpaired) electrons. The van der Waals surface area contributed by atoms with Gasteiger partial charge in [0.1, 0.15) is 12.4 Å². The average molecular weight is 394 g/mol. The summed E-state index contributed by atoms with van der Waals surface area (Å²) < 4.78 is 29.2. The minimum atomic E-state index is -3.05. The van der Waals surface area contributed by atoms with Gasteiger partial charge in [0, 0.05) is 18.1 Å². The van der Waals surface area contributed by atoms with Crippen molar-refractivity contribution in [2.45, 2.75) is 19.1 Å². The van der Waals surface area contributed by atoms with E-state index < -0.39 is 9.84 Å². The Hall–Kier alpha value is -2.05. The molecule has 2 aromatic rings. The third-order valence-corrected chi connectivity index (χ3v) is 6.50. The molecule has 1 aliphatic rings. The zero-order chi connectivity index (χ0) is 18.7. The van der Waals surface area contributed by atoms with Crippen molar-refractivity contribution in [3.8, 4) is 5.75 Å². The molecular formula is C19H20ClNO4S. The first-order valence-electron chi connectivity index (χ1n) is 8.29. The molecule has 1 fully saturated rings. The summed E-state index contributed by atoms with van der Waals surface area (Å²) in [6, 6.07) is 14.0. The van der Waals surface area contributed by atoms with Gasteiger partial charge in [0.25, 0.3) is 5.91 Å². The van der Waals surface area contributed by atoms with Crippen LogP contribution < -0.4 is 4.74 Å². The van der Waals surface area contributed by atoms with E-state index in [0.717, 1.165) is 5.56 Å². The van der Waals surface area contributed by atoms with E-state index in [1.54, 1.807) is 43.4 Å². The molecule has 0 spiro atoms. The summed E-state index contributed by atoms with van der Waals surface area (Å²) in [7, 11) is -1.41. The average Bonchev–Trinajstić information content (AvgIpc) is 3.00. The van der Waals surface area contributed by atoms with Gasteiger partial charge in [-0.1, -0.05) is 35.9 Å². The van der Waals surface area contributed by atoms with Crippen LogP contribution in [0.3, 0.4) is 0 Å². The van der Waals surface area contributed by atoms with Gasteiger partial charge in [-0.25, -0.2) is 8.42 Å². The highest BCUT2D eigenvalue weighted by Gasteiger charge is 2.33. The molecule has 0 aliphatic carbocycles. The van der Waals surface area contributed by atoms with Crippen molar-refractivity contribution in [2.75, 3.05) is 18.6 Å². The van der Waals surface area contributed by atoms with E-state index in [-0.39, 0.29) is 23.5 Å². The number of ether oxygens (including phenoxy) is 1. The van der Waals surface area contributed by atoms with E-state index in [9.17, 15) is 13.2 Å². The van der Waals surface area contributed by atoms with Crippen molar-refractivity contribution in [1.29, 1.82) is 0 Å². The molecule has 1 saturated heterocycles. The molecule has 1 heterocycles. The minimum Gasteiger partial charge on any atom is -0.488 e. The van der Waals surface area contributed by atoms with E-state index >= 15 is 0 Å². The van der Waals surface area contributed by atoms with Gasteiger partial charge in [-0.05, 0) is 36.2 Å². The number of para-hydroxylation sites is 1. The molecule has 0 bridgehead atoms. The number of carbonyl (C=O) groups excluding carboxylic acids is 1. The van der Waals surface area contributed by atoms with Gasteiger partial charge in [0.15, 0.2) is 9.84 Å². The molecule has 0 N–H and O–H groups in total. The van der Waals surface area contributed by atoms with Crippen molar-refractivity contribution in [2.24, 2.45) is 0 Å². The lowest BCUT2D eigenvalue weighted by atomic mass is 10.1. The molecule has 2 aromatic carbocycles. The van der Waals surface area contributed by atoms with Crippen molar-refractivity contribution >= 4 is 27.3 Å². The zero-order valence-electron chi connectivity index (χ0n) is 14.4. The maximum atomic E-state index is 12.9. The van der Waals surface area contributed by atoms with Gasteiger partial charge in [-0.2, -0.15) is 0 Å². The highest BCUT2D eigenvalue weighted by atomic mass is 35.5. The van der Waals surface area contributed by atoms with Crippen LogP contribution in [0, 0.1) is 0 Å². The summed E-state index contributed by atoms with van der Waals surface area (Å²) >= 11 is 5.88. The van der Waals surface area contributed by atoms with Gasteiger partial charge in [-0.15, -0.1) is 0 Å². The fraction of sp³-hybridized carbons (Fsp3) is 0.316. The Labute approximate surface area is 158 Å². The maximum absolute atomic E-state index is 12.9. The van der Waals surface area contributed by atoms with Crippen molar-refractivity contribution < 1.29 is 17.9 Å². The largest absolute Gasteiger partial charge is 0.488 e. The highest BCUT2D eigenvalue weighted by Crippen LogP contribution is 2.24. The number of nitrogens with zero attached hydrogens (tertiary/aromatic N) is 1. The number of rotatable bonds is 5. The summed E-state index contributed by atoms with van der Waals surface area (Å²) in [5.41, 5.74) is 1.36. The van der Waals surface area contributed by atoms with E-state index in [2.05, 4.69) is 0 Å². The van der Waals surface area contributed by atoms with Crippen molar-refractivity contribution in [3.63, 3.8) is 0 Å². The van der Waals surface area contributed by atoms with E-state index in [1.807, 2.05) is 12.1 Å². The smallest absolute Gasteiger partial charge is 0.257 e. The Morgan fingerprint density at radius 1 is 1.19 bits per heavy atom. The molecule has 0 aromatic heterocycles. The number of benzene rings is 2. The third kappa shape index (κ3) is 4.37. The fourth-order valence-electron chi connectivity index (χ4n) is 2.95. The minimum absolute atomic E-state index is 0.0169. The first-order chi connectivity index (χ1) is 12.4. The number of halogens is 1. The summed E-state index contributed by atoms with van der Waals surface area (Å²) in [6.45, 7) is 0.309. The summed E-state index contributed by atoms with van der Waals surface area (Å²) in [5.74, 6) is 0.381. The first kappa shape index (κ1) is 18.7. The molecule has 1 atom stereocenters. The topological polar surface area (TPSA) is 63.7 Å². The second-order valence-corrected chi connectivity index (χ2v) is 9.05. The molecule has 3 rings (SSSR count). The second-order valence-electron chi connectivity index (χ2n) is 6.38. The lowest BCUT2D eigenvalue weighted by Crippen LogP contribution is -2.38. The third-order valence-electron chi connectivity index (χ3n) is 4.50. The quantitative estimate of drug-likeness (QED) is 0.782. The van der Waals surface area contributed by atoms with Crippen molar-refractivity contribution in [3.05, 3.63) is 64.7 Å². The second kappa shape index (κ2) is 7.68. The molecule has 0 unspecified atom stereocenters. The Kier molecular flexibility index (Phi) is 5.53. The summed E-state index contributed by atoms with van der Waals surface area (Å²) in [6.07, 6.45) is 0.471. The van der Waals surface area contributed by atoms with Crippen LogP contribution in [0.4, 0.5) is 0 Å². The highest BCUT2D eigenvalue weighted by molar-refractivity contribution is 7.91. The Balaban J connectivity index is 1.73. The molecule has 0 saturated carbocycles. The van der Waals surface area contributed by atoms with Crippen LogP contribution in [-0.4, -0.2) is 43.8 Å². The number of carbonyl (C=O) groups is 1. The Morgan fingerprint density at radius 2 is 1.88 bits per heavy atom. The van der Waals surface area contributed by atoms with Gasteiger partial charge in [0.05, 0.1) is 17.1 Å². The number of sulfone groups is 1. The Morgan fingerprint density at radius 3 is 2.54 bits per heavy atom. The molecule has 7 heteroatoms. The van der Waals surface area contributed by atoms with Crippen LogP contribution in [-0.2, 0) is 16.4 Å². The van der Waals surface area contributed by atoms with E-state index in [4.69, 9.17) is 16.3 Å². The predicted octanol–water partition coefficient (Wildman–Crippen LogP) is 3.18. The molecule has 1 amide bonds. The van der Waals surface area contributed by atoms with Crippen LogP contribution in [0.25, 0.3) is 0 Å². The standard InChI is InChI=1S/C19H20ClNO4S/c1-21(16-10-11-26(23,24)13-16)19(22)17-4-2-3-5-18(17)25-12-14-6-8-15(20)9-7-14/h2-9,16H,10-13H2,1H3/t16-/m1/s1. The van der Waals surface area contributed by atoms with Gasteiger partial charge in [0.2, 0.25) is 0 Å². The normalized spacial score (nSPS) is 18.5. The number of hydrogen-bond donors (Lipinski definition) is 0.